The zero-order valence-corrected chi connectivity index (χ0v) is 14.3. The zero-order chi connectivity index (χ0) is 16.3. The van der Waals surface area contributed by atoms with Crippen molar-refractivity contribution in [3.05, 3.63) is 24.3 Å². The second kappa shape index (κ2) is 6.35. The third-order valence-electron chi connectivity index (χ3n) is 5.35. The van der Waals surface area contributed by atoms with Gasteiger partial charge in [-0.05, 0) is 17.3 Å². The van der Waals surface area contributed by atoms with Gasteiger partial charge in [-0.3, -0.25) is 0 Å². The quantitative estimate of drug-likeness (QED) is 0.755. The number of aliphatic carboxylic acids is 1. The summed E-state index contributed by atoms with van der Waals surface area (Å²) in [7, 11) is 0. The molecule has 0 aromatic heterocycles. The Balaban J connectivity index is 3.34. The minimum atomic E-state index is -0.919. The normalized spacial score (nSPS) is 26.1. The van der Waals surface area contributed by atoms with E-state index in [1.165, 1.54) is 0 Å². The van der Waals surface area contributed by atoms with E-state index >= 15 is 0 Å². The van der Waals surface area contributed by atoms with Crippen LogP contribution in [0.4, 0.5) is 0 Å². The molecule has 3 heteroatoms. The Kier molecular flexibility index (Phi) is 5.43. The van der Waals surface area contributed by atoms with Gasteiger partial charge in [-0.1, -0.05) is 72.3 Å². The molecule has 2 unspecified atom stereocenters. The van der Waals surface area contributed by atoms with E-state index in [-0.39, 0.29) is 23.4 Å². The minimum absolute atomic E-state index is 0.0339. The molecule has 1 N–H and O–H groups in total. The van der Waals surface area contributed by atoms with E-state index in [2.05, 4.69) is 59.8 Å². The molecule has 120 valence electrons. The molecule has 1 aliphatic rings. The van der Waals surface area contributed by atoms with Crippen LogP contribution in [0, 0.1) is 16.7 Å². The summed E-state index contributed by atoms with van der Waals surface area (Å²) in [4.78, 5) is 11.1. The third kappa shape index (κ3) is 3.39. The van der Waals surface area contributed by atoms with E-state index in [0.29, 0.717) is 0 Å². The minimum Gasteiger partial charge on any atom is -0.480 e. The highest BCUT2D eigenvalue weighted by atomic mass is 16.5. The molecule has 1 aliphatic carbocycles. The maximum atomic E-state index is 11.1. The van der Waals surface area contributed by atoms with Crippen LogP contribution >= 0.6 is 0 Å². The van der Waals surface area contributed by atoms with Gasteiger partial charge in [0.05, 0.1) is 5.60 Å². The van der Waals surface area contributed by atoms with Gasteiger partial charge in [0.25, 0.3) is 0 Å². The first-order chi connectivity index (χ1) is 9.63. The van der Waals surface area contributed by atoms with Crippen molar-refractivity contribution in [2.24, 2.45) is 16.7 Å². The Labute approximate surface area is 129 Å². The molecule has 0 aromatic rings. The lowest BCUT2D eigenvalue weighted by atomic mass is 9.57. The van der Waals surface area contributed by atoms with Gasteiger partial charge < -0.3 is 9.84 Å². The summed E-state index contributed by atoms with van der Waals surface area (Å²) in [6, 6.07) is 0. The van der Waals surface area contributed by atoms with Crippen LogP contribution in [0.25, 0.3) is 0 Å². The van der Waals surface area contributed by atoms with Crippen molar-refractivity contribution in [2.75, 3.05) is 6.61 Å². The average Bonchev–Trinajstić information content (AvgIpc) is 2.45. The smallest absolute Gasteiger partial charge is 0.329 e. The molecule has 0 amide bonds. The van der Waals surface area contributed by atoms with E-state index in [0.717, 1.165) is 12.8 Å². The highest BCUT2D eigenvalue weighted by Crippen LogP contribution is 2.52. The van der Waals surface area contributed by atoms with Crippen molar-refractivity contribution in [2.45, 2.75) is 60.0 Å². The summed E-state index contributed by atoms with van der Waals surface area (Å²) >= 11 is 0. The fourth-order valence-corrected chi connectivity index (χ4v) is 3.12. The van der Waals surface area contributed by atoms with Crippen molar-refractivity contribution in [1.82, 2.24) is 0 Å². The first kappa shape index (κ1) is 18.0. The second-order valence-electron chi connectivity index (χ2n) is 7.28. The number of rotatable bonds is 7. The van der Waals surface area contributed by atoms with Crippen LogP contribution in [0.5, 0.6) is 0 Å². The first-order valence-electron chi connectivity index (χ1n) is 7.84. The Hall–Kier alpha value is -1.09. The summed E-state index contributed by atoms with van der Waals surface area (Å²) in [6.45, 7) is 12.8. The summed E-state index contributed by atoms with van der Waals surface area (Å²) in [5, 5.41) is 9.08. The van der Waals surface area contributed by atoms with Gasteiger partial charge in [0.2, 0.25) is 0 Å². The van der Waals surface area contributed by atoms with Gasteiger partial charge in [-0.25, -0.2) is 4.79 Å². The molecule has 0 spiro atoms. The molecule has 0 heterocycles. The van der Waals surface area contributed by atoms with Crippen molar-refractivity contribution < 1.29 is 14.6 Å². The van der Waals surface area contributed by atoms with Crippen molar-refractivity contribution in [3.63, 3.8) is 0 Å². The predicted molar refractivity (Wildman–Crippen MR) is 86.2 cm³/mol. The summed E-state index contributed by atoms with van der Waals surface area (Å²) in [6.07, 6.45) is 10.2. The van der Waals surface area contributed by atoms with Crippen LogP contribution in [-0.2, 0) is 9.53 Å². The van der Waals surface area contributed by atoms with E-state index in [1.807, 2.05) is 6.08 Å². The molecule has 0 radical (unpaired) electrons. The fourth-order valence-electron chi connectivity index (χ4n) is 3.12. The lowest BCUT2D eigenvalue weighted by molar-refractivity contribution is -0.168. The summed E-state index contributed by atoms with van der Waals surface area (Å²) < 4.78 is 6.05. The maximum Gasteiger partial charge on any atom is 0.329 e. The largest absolute Gasteiger partial charge is 0.480 e. The van der Waals surface area contributed by atoms with Crippen molar-refractivity contribution in [1.29, 1.82) is 0 Å². The molecule has 21 heavy (non-hydrogen) atoms. The molecule has 2 atom stereocenters. The Morgan fingerprint density at radius 1 is 1.19 bits per heavy atom. The number of allylic oxidation sites excluding steroid dienone is 2. The number of carboxylic acids is 1. The summed E-state index contributed by atoms with van der Waals surface area (Å²) in [5.74, 6) is -0.772. The van der Waals surface area contributed by atoms with Crippen LogP contribution in [-0.4, -0.2) is 23.3 Å². The van der Waals surface area contributed by atoms with E-state index in [1.54, 1.807) is 0 Å². The maximum absolute atomic E-state index is 11.1. The van der Waals surface area contributed by atoms with Crippen molar-refractivity contribution in [3.8, 4) is 0 Å². The molecule has 3 nitrogen and oxygen atoms in total. The highest BCUT2D eigenvalue weighted by Gasteiger charge is 2.53. The molecule has 0 bridgehead atoms. The standard InChI is InChI=1S/C18H30O3/c1-7-16(3,4)14-11-9-10-12-18(14,17(5,6)8-2)21-13-15(19)20/h9-12,14H,7-8,13H2,1-6H3,(H,19,20). The fraction of sp³-hybridized carbons (Fsp3) is 0.722. The van der Waals surface area contributed by atoms with E-state index in [9.17, 15) is 4.79 Å². The van der Waals surface area contributed by atoms with Crippen molar-refractivity contribution >= 4 is 5.97 Å². The molecule has 0 aliphatic heterocycles. The van der Waals surface area contributed by atoms with Gasteiger partial charge in [0, 0.05) is 5.92 Å². The topological polar surface area (TPSA) is 46.5 Å². The molecule has 0 saturated carbocycles. The third-order valence-corrected chi connectivity index (χ3v) is 5.35. The Bertz CT molecular complexity index is 432. The van der Waals surface area contributed by atoms with Gasteiger partial charge >= 0.3 is 5.97 Å². The average molecular weight is 294 g/mol. The number of hydrogen-bond acceptors (Lipinski definition) is 2. The van der Waals surface area contributed by atoms with Crippen LogP contribution in [0.1, 0.15) is 54.4 Å². The van der Waals surface area contributed by atoms with Crippen LogP contribution in [0.2, 0.25) is 0 Å². The van der Waals surface area contributed by atoms with Crippen LogP contribution in [0.15, 0.2) is 24.3 Å². The van der Waals surface area contributed by atoms with Gasteiger partial charge in [-0.15, -0.1) is 0 Å². The van der Waals surface area contributed by atoms with Gasteiger partial charge in [0.1, 0.15) is 6.61 Å². The molecule has 0 saturated heterocycles. The Morgan fingerprint density at radius 2 is 1.81 bits per heavy atom. The molecule has 0 fully saturated rings. The predicted octanol–water partition coefficient (Wildman–Crippen LogP) is 4.44. The lowest BCUT2D eigenvalue weighted by Crippen LogP contribution is -2.56. The van der Waals surface area contributed by atoms with Crippen LogP contribution in [0.3, 0.4) is 0 Å². The monoisotopic (exact) mass is 294 g/mol. The molecular weight excluding hydrogens is 264 g/mol. The summed E-state index contributed by atoms with van der Waals surface area (Å²) in [5.41, 5.74) is -0.707. The number of hydrogen-bond donors (Lipinski definition) is 1. The molecule has 1 rings (SSSR count). The zero-order valence-electron chi connectivity index (χ0n) is 14.3. The highest BCUT2D eigenvalue weighted by molar-refractivity contribution is 5.68. The number of ether oxygens (including phenoxy) is 1. The van der Waals surface area contributed by atoms with E-state index in [4.69, 9.17) is 9.84 Å². The number of carboxylic acid groups (broad SMARTS) is 1. The van der Waals surface area contributed by atoms with Crippen LogP contribution < -0.4 is 0 Å². The lowest BCUT2D eigenvalue weighted by Gasteiger charge is -2.54. The van der Waals surface area contributed by atoms with Gasteiger partial charge in [0.15, 0.2) is 0 Å². The first-order valence-corrected chi connectivity index (χ1v) is 7.84. The number of carbonyl (C=O) groups is 1. The molecular formula is C18H30O3. The van der Waals surface area contributed by atoms with Gasteiger partial charge in [-0.2, -0.15) is 0 Å². The second-order valence-corrected chi connectivity index (χ2v) is 7.28. The SMILES string of the molecule is CCC(C)(C)C1C=CC=CC1(OCC(=O)O)C(C)(C)CC. The van der Waals surface area contributed by atoms with E-state index < -0.39 is 11.6 Å². The Morgan fingerprint density at radius 3 is 2.29 bits per heavy atom. The molecule has 0 aromatic carbocycles.